The molecule has 9 heteroatoms. The topological polar surface area (TPSA) is 87.2 Å². The van der Waals surface area contributed by atoms with E-state index in [1.54, 1.807) is 0 Å². The maximum Gasteiger partial charge on any atom is 0.573 e. The smallest absolute Gasteiger partial charge is 0.492 e. The maximum absolute atomic E-state index is 12.3. The number of nitrogens with one attached hydrogen (secondary N) is 2. The summed E-state index contributed by atoms with van der Waals surface area (Å²) in [5.41, 5.74) is -0.689. The van der Waals surface area contributed by atoms with Crippen molar-refractivity contribution in [3.63, 3.8) is 0 Å². The van der Waals surface area contributed by atoms with Crippen LogP contribution in [0.3, 0.4) is 0 Å². The zero-order chi connectivity index (χ0) is 16.3. The second-order valence-electron chi connectivity index (χ2n) is 4.36. The molecule has 0 bridgehead atoms. The first-order chi connectivity index (χ1) is 10.3. The summed E-state index contributed by atoms with van der Waals surface area (Å²) >= 11 is 0. The third-order valence-corrected chi connectivity index (χ3v) is 2.67. The van der Waals surface area contributed by atoms with E-state index < -0.39 is 23.6 Å². The van der Waals surface area contributed by atoms with Gasteiger partial charge in [0.05, 0.1) is 0 Å². The number of H-pyrrole nitrogens is 1. The highest BCUT2D eigenvalue weighted by Gasteiger charge is 2.31. The number of rotatable bonds is 4. The number of ether oxygens (including phenoxy) is 1. The molecule has 0 aliphatic rings. The van der Waals surface area contributed by atoms with E-state index in [-0.39, 0.29) is 23.6 Å². The van der Waals surface area contributed by atoms with Crippen LogP contribution in [0.2, 0.25) is 0 Å². The summed E-state index contributed by atoms with van der Waals surface area (Å²) in [6.45, 7) is 1.32. The lowest BCUT2D eigenvalue weighted by Crippen LogP contribution is -2.19. The van der Waals surface area contributed by atoms with Crippen LogP contribution in [0.15, 0.2) is 29.1 Å². The van der Waals surface area contributed by atoms with Gasteiger partial charge in [-0.2, -0.15) is 4.98 Å². The number of hydrogen-bond donors (Lipinski definition) is 3. The minimum Gasteiger partial charge on any atom is -0.492 e. The van der Waals surface area contributed by atoms with Crippen LogP contribution >= 0.6 is 0 Å². The molecule has 0 fully saturated rings. The van der Waals surface area contributed by atoms with Gasteiger partial charge in [-0.05, 0) is 13.0 Å². The largest absolute Gasteiger partial charge is 0.573 e. The average Bonchev–Trinajstić information content (AvgIpc) is 2.37. The molecular formula is C13H12F3N3O3. The van der Waals surface area contributed by atoms with Crippen LogP contribution < -0.4 is 15.6 Å². The Morgan fingerprint density at radius 3 is 2.68 bits per heavy atom. The van der Waals surface area contributed by atoms with Crippen LogP contribution in [0.1, 0.15) is 11.4 Å². The van der Waals surface area contributed by atoms with Gasteiger partial charge in [-0.15, -0.1) is 13.2 Å². The van der Waals surface area contributed by atoms with Gasteiger partial charge in [0.25, 0.3) is 5.56 Å². The van der Waals surface area contributed by atoms with Crippen molar-refractivity contribution < 1.29 is 23.0 Å². The predicted octanol–water partition coefficient (Wildman–Crippen LogP) is 2.29. The van der Waals surface area contributed by atoms with Crippen molar-refractivity contribution >= 4 is 5.69 Å². The Morgan fingerprint density at radius 1 is 1.36 bits per heavy atom. The molecule has 1 aromatic heterocycles. The molecule has 1 heterocycles. The summed E-state index contributed by atoms with van der Waals surface area (Å²) in [6, 6.07) is 5.48. The molecule has 2 rings (SSSR count). The van der Waals surface area contributed by atoms with E-state index in [4.69, 9.17) is 0 Å². The predicted molar refractivity (Wildman–Crippen MR) is 71.7 cm³/mol. The molecule has 0 amide bonds. The first-order valence-electron chi connectivity index (χ1n) is 6.13. The van der Waals surface area contributed by atoms with Gasteiger partial charge in [0.1, 0.15) is 11.6 Å². The van der Waals surface area contributed by atoms with Crippen molar-refractivity contribution in [3.05, 3.63) is 46.0 Å². The first-order valence-corrected chi connectivity index (χ1v) is 6.13. The average molecular weight is 315 g/mol. The monoisotopic (exact) mass is 315 g/mol. The molecule has 2 aromatic rings. The zero-order valence-corrected chi connectivity index (χ0v) is 11.4. The van der Waals surface area contributed by atoms with Crippen molar-refractivity contribution in [1.29, 1.82) is 0 Å². The molecule has 0 aliphatic heterocycles. The van der Waals surface area contributed by atoms with Crippen molar-refractivity contribution in [2.75, 3.05) is 5.32 Å². The van der Waals surface area contributed by atoms with E-state index >= 15 is 0 Å². The fourth-order valence-corrected chi connectivity index (χ4v) is 1.79. The number of aromatic nitrogens is 2. The summed E-state index contributed by atoms with van der Waals surface area (Å²) in [5.74, 6) is -0.706. The van der Waals surface area contributed by atoms with Gasteiger partial charge in [-0.3, -0.25) is 4.79 Å². The van der Waals surface area contributed by atoms with Crippen LogP contribution in [-0.2, 0) is 6.54 Å². The Morgan fingerprint density at radius 2 is 2.05 bits per heavy atom. The molecule has 3 N–H and O–H groups in total. The van der Waals surface area contributed by atoms with Gasteiger partial charge in [-0.1, -0.05) is 18.2 Å². The first kappa shape index (κ1) is 15.7. The lowest BCUT2D eigenvalue weighted by Gasteiger charge is -2.14. The van der Waals surface area contributed by atoms with Gasteiger partial charge in [0.15, 0.2) is 5.69 Å². The number of alkyl halides is 3. The molecule has 0 unspecified atom stereocenters. The Labute approximate surface area is 122 Å². The fourth-order valence-electron chi connectivity index (χ4n) is 1.79. The molecule has 0 saturated heterocycles. The van der Waals surface area contributed by atoms with Crippen LogP contribution in [0.25, 0.3) is 0 Å². The lowest BCUT2D eigenvalue weighted by atomic mass is 10.2. The Kier molecular flexibility index (Phi) is 4.25. The molecular weight excluding hydrogens is 303 g/mol. The molecule has 0 saturated carbocycles. The van der Waals surface area contributed by atoms with Crippen LogP contribution in [0.5, 0.6) is 11.6 Å². The molecule has 0 aliphatic carbocycles. The maximum atomic E-state index is 12.3. The summed E-state index contributed by atoms with van der Waals surface area (Å²) < 4.78 is 40.8. The minimum atomic E-state index is -4.82. The Bertz CT molecular complexity index is 728. The second kappa shape index (κ2) is 5.96. The van der Waals surface area contributed by atoms with Gasteiger partial charge in [0.2, 0.25) is 5.88 Å². The molecule has 6 nitrogen and oxygen atoms in total. The Hall–Kier alpha value is -2.71. The highest BCUT2D eigenvalue weighted by Crippen LogP contribution is 2.27. The molecule has 0 atom stereocenters. The quantitative estimate of drug-likeness (QED) is 0.806. The SMILES string of the molecule is Cc1nc(O)c(NCc2ccccc2OC(F)(F)F)c(=O)[nH]1. The number of aryl methyl sites for hydroxylation is 1. The third-order valence-electron chi connectivity index (χ3n) is 2.67. The molecule has 0 radical (unpaired) electrons. The van der Waals surface area contributed by atoms with E-state index in [1.165, 1.54) is 25.1 Å². The number of benzene rings is 1. The van der Waals surface area contributed by atoms with Crippen LogP contribution in [0, 0.1) is 6.92 Å². The van der Waals surface area contributed by atoms with Crippen molar-refractivity contribution in [1.82, 2.24) is 9.97 Å². The number of aromatic hydroxyl groups is 1. The standard InChI is InChI=1S/C13H12F3N3O3/c1-7-18-11(20)10(12(21)19-7)17-6-8-4-2-3-5-9(8)22-13(14,15)16/h2-5,17H,6H2,1H3,(H2,18,19,20,21). The number of halogens is 3. The summed E-state index contributed by atoms with van der Waals surface area (Å²) in [6.07, 6.45) is -4.82. The van der Waals surface area contributed by atoms with Crippen molar-refractivity contribution in [2.24, 2.45) is 0 Å². The number of anilines is 1. The van der Waals surface area contributed by atoms with Crippen molar-refractivity contribution in [3.8, 4) is 11.6 Å². The van der Waals surface area contributed by atoms with E-state index in [0.29, 0.717) is 0 Å². The highest BCUT2D eigenvalue weighted by molar-refractivity contribution is 5.51. The van der Waals surface area contributed by atoms with Gasteiger partial charge in [-0.25, -0.2) is 0 Å². The molecule has 118 valence electrons. The molecule has 1 aromatic carbocycles. The van der Waals surface area contributed by atoms with Crippen LogP contribution in [0.4, 0.5) is 18.9 Å². The second-order valence-corrected chi connectivity index (χ2v) is 4.36. The van der Waals surface area contributed by atoms with E-state index in [0.717, 1.165) is 6.07 Å². The highest BCUT2D eigenvalue weighted by atomic mass is 19.4. The molecule has 22 heavy (non-hydrogen) atoms. The van der Waals surface area contributed by atoms with E-state index in [2.05, 4.69) is 20.0 Å². The number of para-hydroxylation sites is 1. The summed E-state index contributed by atoms with van der Waals surface area (Å²) in [4.78, 5) is 17.7. The third kappa shape index (κ3) is 3.90. The van der Waals surface area contributed by atoms with E-state index in [1.807, 2.05) is 0 Å². The normalized spacial score (nSPS) is 11.3. The lowest BCUT2D eigenvalue weighted by molar-refractivity contribution is -0.274. The number of nitrogens with zero attached hydrogens (tertiary/aromatic N) is 1. The number of aromatic amines is 1. The van der Waals surface area contributed by atoms with Gasteiger partial charge >= 0.3 is 6.36 Å². The van der Waals surface area contributed by atoms with Crippen molar-refractivity contribution in [2.45, 2.75) is 19.8 Å². The Balaban J connectivity index is 2.21. The molecule has 0 spiro atoms. The van der Waals surface area contributed by atoms with Crippen LogP contribution in [-0.4, -0.2) is 21.4 Å². The minimum absolute atomic E-state index is 0.159. The number of hydrogen-bond acceptors (Lipinski definition) is 5. The fraction of sp³-hybridized carbons (Fsp3) is 0.231. The van der Waals surface area contributed by atoms with E-state index in [9.17, 15) is 23.1 Å². The summed E-state index contributed by atoms with van der Waals surface area (Å²) in [5, 5.41) is 12.1. The van der Waals surface area contributed by atoms with Gasteiger partial charge < -0.3 is 20.1 Å². The zero-order valence-electron chi connectivity index (χ0n) is 11.4. The summed E-state index contributed by atoms with van der Waals surface area (Å²) in [7, 11) is 0. The van der Waals surface area contributed by atoms with Gasteiger partial charge in [0, 0.05) is 12.1 Å².